The van der Waals surface area contributed by atoms with E-state index in [-0.39, 0.29) is 12.5 Å². The van der Waals surface area contributed by atoms with Crippen LogP contribution in [-0.4, -0.2) is 30.6 Å². The zero-order chi connectivity index (χ0) is 15.3. The van der Waals surface area contributed by atoms with Gasteiger partial charge in [0, 0.05) is 11.0 Å². The Morgan fingerprint density at radius 1 is 1.45 bits per heavy atom. The second-order valence-corrected chi connectivity index (χ2v) is 5.60. The van der Waals surface area contributed by atoms with Gasteiger partial charge in [0.15, 0.2) is 0 Å². The first-order valence-electron chi connectivity index (χ1n) is 6.19. The van der Waals surface area contributed by atoms with Crippen LogP contribution in [0.4, 0.5) is 0 Å². The van der Waals surface area contributed by atoms with Gasteiger partial charge in [0.25, 0.3) is 5.91 Å². The smallest absolute Gasteiger partial charge is 0.311 e. The molecule has 0 aliphatic carbocycles. The second kappa shape index (κ2) is 6.74. The molecule has 110 valence electrons. The van der Waals surface area contributed by atoms with Crippen LogP contribution in [0.2, 0.25) is 0 Å². The van der Waals surface area contributed by atoms with Gasteiger partial charge in [-0.3, -0.25) is 9.59 Å². The zero-order valence-electron chi connectivity index (χ0n) is 11.7. The van der Waals surface area contributed by atoms with Crippen molar-refractivity contribution in [3.8, 4) is 5.75 Å². The summed E-state index contributed by atoms with van der Waals surface area (Å²) in [7, 11) is 1.52. The summed E-state index contributed by atoms with van der Waals surface area (Å²) in [5.41, 5.74) is -0.561. The van der Waals surface area contributed by atoms with Gasteiger partial charge in [0.2, 0.25) is 0 Å². The van der Waals surface area contributed by atoms with Crippen molar-refractivity contribution >= 4 is 27.8 Å². The lowest BCUT2D eigenvalue weighted by atomic mass is 9.87. The molecule has 5 nitrogen and oxygen atoms in total. The molecule has 0 radical (unpaired) electrons. The van der Waals surface area contributed by atoms with Gasteiger partial charge < -0.3 is 15.2 Å². The Balaban J connectivity index is 2.84. The summed E-state index contributed by atoms with van der Waals surface area (Å²) in [6.45, 7) is 3.46. The minimum absolute atomic E-state index is 0.0708. The molecule has 0 heterocycles. The van der Waals surface area contributed by atoms with E-state index in [1.165, 1.54) is 7.11 Å². The van der Waals surface area contributed by atoms with Crippen LogP contribution < -0.4 is 10.1 Å². The summed E-state index contributed by atoms with van der Waals surface area (Å²) in [6.07, 6.45) is 0.432. The summed E-state index contributed by atoms with van der Waals surface area (Å²) in [5, 5.41) is 11.8. The third-order valence-electron chi connectivity index (χ3n) is 3.35. The number of aliphatic carboxylic acids is 1. The summed E-state index contributed by atoms with van der Waals surface area (Å²) in [6, 6.07) is 5.04. The van der Waals surface area contributed by atoms with Crippen LogP contribution >= 0.6 is 15.9 Å². The van der Waals surface area contributed by atoms with Gasteiger partial charge in [-0.2, -0.15) is 0 Å². The van der Waals surface area contributed by atoms with E-state index in [1.807, 2.05) is 0 Å². The molecule has 1 atom stereocenters. The van der Waals surface area contributed by atoms with Gasteiger partial charge in [0.05, 0.1) is 18.1 Å². The van der Waals surface area contributed by atoms with Crippen LogP contribution in [0.1, 0.15) is 30.6 Å². The van der Waals surface area contributed by atoms with Crippen molar-refractivity contribution in [1.29, 1.82) is 0 Å². The number of amides is 1. The number of carbonyl (C=O) groups is 2. The van der Waals surface area contributed by atoms with Gasteiger partial charge in [-0.25, -0.2) is 0 Å². The molecule has 6 heteroatoms. The summed E-state index contributed by atoms with van der Waals surface area (Å²) in [5.74, 6) is -0.698. The molecule has 1 aromatic rings. The Bertz CT molecular complexity index is 518. The number of nitrogens with one attached hydrogen (secondary N) is 1. The SMILES string of the molecule is CCC(C)(CNC(=O)c1cc(OC)ccc1Br)C(=O)O. The normalized spacial score (nSPS) is 13.4. The maximum Gasteiger partial charge on any atom is 0.311 e. The molecule has 0 fully saturated rings. The maximum absolute atomic E-state index is 12.1. The van der Waals surface area contributed by atoms with Crippen LogP contribution in [0.5, 0.6) is 5.75 Å². The maximum atomic E-state index is 12.1. The van der Waals surface area contributed by atoms with Crippen molar-refractivity contribution in [2.45, 2.75) is 20.3 Å². The molecule has 1 amide bonds. The van der Waals surface area contributed by atoms with E-state index in [1.54, 1.807) is 32.0 Å². The number of carboxylic acid groups (broad SMARTS) is 1. The van der Waals surface area contributed by atoms with Crippen LogP contribution in [0, 0.1) is 5.41 Å². The third kappa shape index (κ3) is 3.72. The number of methoxy groups -OCH3 is 1. The molecule has 0 bridgehead atoms. The van der Waals surface area contributed by atoms with Crippen molar-refractivity contribution in [2.24, 2.45) is 5.41 Å². The summed E-state index contributed by atoms with van der Waals surface area (Å²) < 4.78 is 5.70. The lowest BCUT2D eigenvalue weighted by Gasteiger charge is -2.23. The number of ether oxygens (including phenoxy) is 1. The van der Waals surface area contributed by atoms with Crippen LogP contribution in [0.3, 0.4) is 0 Å². The molecule has 2 N–H and O–H groups in total. The van der Waals surface area contributed by atoms with Crippen LogP contribution in [0.25, 0.3) is 0 Å². The minimum atomic E-state index is -0.971. The Morgan fingerprint density at radius 3 is 2.60 bits per heavy atom. The van der Waals surface area contributed by atoms with E-state index in [9.17, 15) is 14.7 Å². The monoisotopic (exact) mass is 343 g/mol. The summed E-state index contributed by atoms with van der Waals surface area (Å²) in [4.78, 5) is 23.3. The van der Waals surface area contributed by atoms with E-state index in [0.717, 1.165) is 0 Å². The van der Waals surface area contributed by atoms with Crippen LogP contribution in [-0.2, 0) is 4.79 Å². The number of halogens is 1. The van der Waals surface area contributed by atoms with E-state index in [0.29, 0.717) is 22.2 Å². The predicted octanol–water partition coefficient (Wildman–Crippen LogP) is 2.69. The number of benzene rings is 1. The van der Waals surface area contributed by atoms with Gasteiger partial charge in [-0.05, 0) is 47.5 Å². The van der Waals surface area contributed by atoms with Gasteiger partial charge in [-0.1, -0.05) is 6.92 Å². The standard InChI is InChI=1S/C14H18BrNO4/c1-4-14(2,13(18)19)8-16-12(17)10-7-9(20-3)5-6-11(10)15/h5-7H,4,8H2,1-3H3,(H,16,17)(H,18,19). The predicted molar refractivity (Wildman–Crippen MR) is 79.1 cm³/mol. The Morgan fingerprint density at radius 2 is 2.10 bits per heavy atom. The largest absolute Gasteiger partial charge is 0.497 e. The Kier molecular flexibility index (Phi) is 5.56. The van der Waals surface area contributed by atoms with E-state index in [2.05, 4.69) is 21.2 Å². The average molecular weight is 344 g/mol. The first-order chi connectivity index (χ1) is 9.34. The first kappa shape index (κ1) is 16.5. The second-order valence-electron chi connectivity index (χ2n) is 4.75. The fourth-order valence-electron chi connectivity index (χ4n) is 1.53. The quantitative estimate of drug-likeness (QED) is 0.832. The van der Waals surface area contributed by atoms with Crippen molar-refractivity contribution in [3.63, 3.8) is 0 Å². The molecular weight excluding hydrogens is 326 g/mol. The van der Waals surface area contributed by atoms with Crippen molar-refractivity contribution in [3.05, 3.63) is 28.2 Å². The molecule has 1 aromatic carbocycles. The number of rotatable bonds is 6. The first-order valence-corrected chi connectivity index (χ1v) is 6.98. The highest BCUT2D eigenvalue weighted by Gasteiger charge is 2.31. The lowest BCUT2D eigenvalue weighted by Crippen LogP contribution is -2.40. The van der Waals surface area contributed by atoms with Crippen LogP contribution in [0.15, 0.2) is 22.7 Å². The van der Waals surface area contributed by atoms with E-state index < -0.39 is 11.4 Å². The average Bonchev–Trinajstić information content (AvgIpc) is 2.44. The lowest BCUT2D eigenvalue weighted by molar-refractivity contribution is -0.147. The molecule has 0 spiro atoms. The highest BCUT2D eigenvalue weighted by Crippen LogP contribution is 2.24. The highest BCUT2D eigenvalue weighted by atomic mass is 79.9. The Hall–Kier alpha value is -1.56. The minimum Gasteiger partial charge on any atom is -0.497 e. The van der Waals surface area contributed by atoms with Crippen molar-refractivity contribution in [2.75, 3.05) is 13.7 Å². The number of carbonyl (C=O) groups excluding carboxylic acids is 1. The van der Waals surface area contributed by atoms with Gasteiger partial charge in [-0.15, -0.1) is 0 Å². The van der Waals surface area contributed by atoms with E-state index >= 15 is 0 Å². The molecule has 20 heavy (non-hydrogen) atoms. The summed E-state index contributed by atoms with van der Waals surface area (Å²) >= 11 is 3.29. The molecule has 0 aliphatic heterocycles. The molecule has 0 aromatic heterocycles. The Labute approximate surface area is 126 Å². The highest BCUT2D eigenvalue weighted by molar-refractivity contribution is 9.10. The number of hydrogen-bond acceptors (Lipinski definition) is 3. The molecule has 0 saturated carbocycles. The third-order valence-corrected chi connectivity index (χ3v) is 4.05. The topological polar surface area (TPSA) is 75.6 Å². The van der Waals surface area contributed by atoms with Crippen molar-refractivity contribution < 1.29 is 19.4 Å². The molecule has 0 saturated heterocycles. The zero-order valence-corrected chi connectivity index (χ0v) is 13.3. The number of carboxylic acids is 1. The molecule has 1 rings (SSSR count). The fourth-order valence-corrected chi connectivity index (χ4v) is 1.95. The van der Waals surface area contributed by atoms with E-state index in [4.69, 9.17) is 4.74 Å². The fraction of sp³-hybridized carbons (Fsp3) is 0.429. The number of hydrogen-bond donors (Lipinski definition) is 2. The van der Waals surface area contributed by atoms with Gasteiger partial charge >= 0.3 is 5.97 Å². The van der Waals surface area contributed by atoms with Gasteiger partial charge in [0.1, 0.15) is 5.75 Å². The van der Waals surface area contributed by atoms with Crippen molar-refractivity contribution in [1.82, 2.24) is 5.32 Å². The molecule has 1 unspecified atom stereocenters. The molecule has 0 aliphatic rings. The molecular formula is C14H18BrNO4.